The van der Waals surface area contributed by atoms with Crippen LogP contribution in [-0.4, -0.2) is 27.4 Å². The van der Waals surface area contributed by atoms with E-state index in [2.05, 4.69) is 0 Å². The molecule has 0 fully saturated rings. The number of nitrogens with two attached hydrogens (primary N) is 1. The molecular weight excluding hydrogens is 265 g/mol. The van der Waals surface area contributed by atoms with Crippen LogP contribution in [0, 0.1) is 0 Å². The average molecular weight is 281 g/mol. The monoisotopic (exact) mass is 281 g/mol. The Labute approximate surface area is 99.2 Å². The molecule has 0 saturated heterocycles. The lowest BCUT2D eigenvalue weighted by molar-refractivity contribution is -0.284. The third-order valence-corrected chi connectivity index (χ3v) is 3.76. The molecule has 0 spiro atoms. The highest BCUT2D eigenvalue weighted by Gasteiger charge is 2.56. The second-order valence-electron chi connectivity index (χ2n) is 3.72. The van der Waals surface area contributed by atoms with Crippen LogP contribution in [0.25, 0.3) is 0 Å². The van der Waals surface area contributed by atoms with Crippen LogP contribution in [0.1, 0.15) is 32.6 Å². The lowest BCUT2D eigenvalue weighted by Gasteiger charge is -2.19. The lowest BCUT2D eigenvalue weighted by atomic mass is 10.2. The van der Waals surface area contributed by atoms with E-state index < -0.39 is 41.1 Å². The molecule has 2 atom stereocenters. The molecule has 0 saturated carbocycles. The SMILES string of the molecule is CCCC(N)S(=O)CCCC(F)(F)C(F)(F)F. The van der Waals surface area contributed by atoms with Crippen molar-refractivity contribution >= 4 is 10.8 Å². The predicted octanol–water partition coefficient (Wildman–Crippen LogP) is 2.80. The zero-order chi connectivity index (χ0) is 13.7. The van der Waals surface area contributed by atoms with Crippen molar-refractivity contribution in [2.75, 3.05) is 5.75 Å². The number of hydrogen-bond donors (Lipinski definition) is 1. The molecule has 2 nitrogen and oxygen atoms in total. The fourth-order valence-corrected chi connectivity index (χ4v) is 2.38. The second-order valence-corrected chi connectivity index (χ2v) is 5.49. The highest BCUT2D eigenvalue weighted by molar-refractivity contribution is 7.85. The van der Waals surface area contributed by atoms with Gasteiger partial charge in [-0.05, 0) is 12.8 Å². The van der Waals surface area contributed by atoms with Gasteiger partial charge in [0.05, 0.1) is 5.37 Å². The van der Waals surface area contributed by atoms with Gasteiger partial charge in [-0.25, -0.2) is 0 Å². The van der Waals surface area contributed by atoms with Crippen LogP contribution in [0.5, 0.6) is 0 Å². The van der Waals surface area contributed by atoms with Crippen LogP contribution in [-0.2, 0) is 10.8 Å². The van der Waals surface area contributed by atoms with Gasteiger partial charge in [-0.1, -0.05) is 13.3 Å². The zero-order valence-electron chi connectivity index (χ0n) is 9.40. The van der Waals surface area contributed by atoms with Crippen LogP contribution in [0.2, 0.25) is 0 Å². The smallest absolute Gasteiger partial charge is 0.317 e. The summed E-state index contributed by atoms with van der Waals surface area (Å²) in [7, 11) is -1.55. The zero-order valence-corrected chi connectivity index (χ0v) is 10.2. The maximum atomic E-state index is 12.5. The minimum atomic E-state index is -5.54. The molecule has 0 radical (unpaired) electrons. The summed E-state index contributed by atoms with van der Waals surface area (Å²) in [6.07, 6.45) is -6.20. The summed E-state index contributed by atoms with van der Waals surface area (Å²) in [5.74, 6) is -4.95. The molecule has 0 aliphatic rings. The third kappa shape index (κ3) is 5.76. The molecule has 2 N–H and O–H groups in total. The molecule has 0 aliphatic carbocycles. The van der Waals surface area contributed by atoms with Gasteiger partial charge < -0.3 is 5.73 Å². The van der Waals surface area contributed by atoms with Gasteiger partial charge in [-0.2, -0.15) is 22.0 Å². The Morgan fingerprint density at radius 2 is 1.76 bits per heavy atom. The number of rotatable bonds is 7. The van der Waals surface area contributed by atoms with Crippen molar-refractivity contribution in [3.8, 4) is 0 Å². The van der Waals surface area contributed by atoms with Crippen molar-refractivity contribution in [1.29, 1.82) is 0 Å². The molecular formula is C9H16F5NOS. The van der Waals surface area contributed by atoms with E-state index in [0.29, 0.717) is 12.8 Å². The summed E-state index contributed by atoms with van der Waals surface area (Å²) in [4.78, 5) is 0. The Morgan fingerprint density at radius 3 is 2.18 bits per heavy atom. The van der Waals surface area contributed by atoms with Crippen LogP contribution >= 0.6 is 0 Å². The maximum absolute atomic E-state index is 12.5. The van der Waals surface area contributed by atoms with E-state index in [1.807, 2.05) is 6.92 Å². The van der Waals surface area contributed by atoms with Gasteiger partial charge in [-0.15, -0.1) is 0 Å². The predicted molar refractivity (Wildman–Crippen MR) is 56.1 cm³/mol. The van der Waals surface area contributed by atoms with Crippen molar-refractivity contribution in [2.24, 2.45) is 5.73 Å². The van der Waals surface area contributed by atoms with Crippen LogP contribution < -0.4 is 5.73 Å². The van der Waals surface area contributed by atoms with Gasteiger partial charge in [0.25, 0.3) is 0 Å². The quantitative estimate of drug-likeness (QED) is 0.729. The molecule has 0 aromatic heterocycles. The number of alkyl halides is 5. The van der Waals surface area contributed by atoms with E-state index in [0.717, 1.165) is 0 Å². The number of halogens is 5. The molecule has 0 aromatic carbocycles. The Balaban J connectivity index is 4.04. The normalized spacial score (nSPS) is 16.9. The molecule has 0 bridgehead atoms. The summed E-state index contributed by atoms with van der Waals surface area (Å²) >= 11 is 0. The number of hydrogen-bond acceptors (Lipinski definition) is 2. The molecule has 2 unspecified atom stereocenters. The summed E-state index contributed by atoms with van der Waals surface area (Å²) in [5.41, 5.74) is 5.45. The molecule has 0 amide bonds. The molecule has 0 heterocycles. The van der Waals surface area contributed by atoms with Crippen LogP contribution in [0.3, 0.4) is 0 Å². The van der Waals surface area contributed by atoms with E-state index >= 15 is 0 Å². The van der Waals surface area contributed by atoms with Gasteiger partial charge in [0.1, 0.15) is 0 Å². The van der Waals surface area contributed by atoms with Gasteiger partial charge in [0, 0.05) is 23.0 Å². The molecule has 8 heteroatoms. The standard InChI is InChI=1S/C9H16F5NOS/c1-2-4-7(15)17(16)6-3-5-8(10,11)9(12,13)14/h7H,2-6,15H2,1H3. The Kier molecular flexibility index (Phi) is 6.53. The molecule has 0 aliphatic heterocycles. The van der Waals surface area contributed by atoms with E-state index in [4.69, 9.17) is 5.73 Å². The van der Waals surface area contributed by atoms with Gasteiger partial charge in [0.15, 0.2) is 0 Å². The average Bonchev–Trinajstić information content (AvgIpc) is 2.15. The van der Waals surface area contributed by atoms with Crippen LogP contribution in [0.15, 0.2) is 0 Å². The van der Waals surface area contributed by atoms with Gasteiger partial charge in [-0.3, -0.25) is 4.21 Å². The first-order valence-electron chi connectivity index (χ1n) is 5.19. The second kappa shape index (κ2) is 6.63. The highest BCUT2D eigenvalue weighted by atomic mass is 32.2. The van der Waals surface area contributed by atoms with Crippen LogP contribution in [0.4, 0.5) is 22.0 Å². The third-order valence-electron chi connectivity index (χ3n) is 2.16. The fraction of sp³-hybridized carbons (Fsp3) is 1.00. The van der Waals surface area contributed by atoms with Crippen molar-refractivity contribution in [3.05, 3.63) is 0 Å². The van der Waals surface area contributed by atoms with Gasteiger partial charge >= 0.3 is 12.1 Å². The summed E-state index contributed by atoms with van der Waals surface area (Å²) in [5, 5.41) is -0.653. The molecule has 104 valence electrons. The first-order valence-corrected chi connectivity index (χ1v) is 6.57. The minimum Gasteiger partial charge on any atom is -0.317 e. The maximum Gasteiger partial charge on any atom is 0.453 e. The highest BCUT2D eigenvalue weighted by Crippen LogP contribution is 2.38. The van der Waals surface area contributed by atoms with Gasteiger partial charge in [0.2, 0.25) is 0 Å². The topological polar surface area (TPSA) is 43.1 Å². The first-order chi connectivity index (χ1) is 7.62. The van der Waals surface area contributed by atoms with E-state index in [1.165, 1.54) is 0 Å². The Hall–Kier alpha value is -0.240. The van der Waals surface area contributed by atoms with Crippen molar-refractivity contribution < 1.29 is 26.2 Å². The Morgan fingerprint density at radius 1 is 1.24 bits per heavy atom. The molecule has 0 aromatic rings. The van der Waals surface area contributed by atoms with Crippen molar-refractivity contribution in [1.82, 2.24) is 0 Å². The Bertz CT molecular complexity index is 256. The summed E-state index contributed by atoms with van der Waals surface area (Å²) in [6, 6.07) is 0. The van der Waals surface area contributed by atoms with E-state index in [9.17, 15) is 26.2 Å². The van der Waals surface area contributed by atoms with Crippen molar-refractivity contribution in [2.45, 2.75) is 50.1 Å². The molecule has 0 rings (SSSR count). The fourth-order valence-electron chi connectivity index (χ4n) is 1.15. The summed E-state index contributed by atoms with van der Waals surface area (Å²) < 4.78 is 71.6. The lowest BCUT2D eigenvalue weighted by Crippen LogP contribution is -2.37. The summed E-state index contributed by atoms with van der Waals surface area (Å²) in [6.45, 7) is 1.81. The minimum absolute atomic E-state index is 0.229. The first kappa shape index (κ1) is 16.8. The largest absolute Gasteiger partial charge is 0.453 e. The van der Waals surface area contributed by atoms with E-state index in [-0.39, 0.29) is 5.75 Å². The molecule has 17 heavy (non-hydrogen) atoms. The van der Waals surface area contributed by atoms with Crippen molar-refractivity contribution in [3.63, 3.8) is 0 Å². The van der Waals surface area contributed by atoms with E-state index in [1.54, 1.807) is 0 Å².